The molecule has 112 valence electrons. The van der Waals surface area contributed by atoms with Crippen LogP contribution in [0.3, 0.4) is 0 Å². The van der Waals surface area contributed by atoms with E-state index in [1.807, 2.05) is 32.0 Å². The van der Waals surface area contributed by atoms with Gasteiger partial charge in [-0.05, 0) is 49.8 Å². The van der Waals surface area contributed by atoms with Gasteiger partial charge in [0.25, 0.3) is 0 Å². The molecule has 1 aliphatic heterocycles. The monoisotopic (exact) mass is 306 g/mol. The maximum atomic E-state index is 12.7. The van der Waals surface area contributed by atoms with Crippen LogP contribution in [0.15, 0.2) is 18.2 Å². The summed E-state index contributed by atoms with van der Waals surface area (Å²) in [6.07, 6.45) is 2.00. The van der Waals surface area contributed by atoms with Crippen molar-refractivity contribution in [3.63, 3.8) is 0 Å². The van der Waals surface area contributed by atoms with Crippen LogP contribution in [0.2, 0.25) is 5.02 Å². The molecule has 1 aromatic carbocycles. The average molecular weight is 307 g/mol. The van der Waals surface area contributed by atoms with Crippen molar-refractivity contribution in [2.24, 2.45) is 5.92 Å². The van der Waals surface area contributed by atoms with E-state index in [2.05, 4.69) is 5.32 Å². The van der Waals surface area contributed by atoms with E-state index in [0.29, 0.717) is 11.6 Å². The first-order valence-electron chi connectivity index (χ1n) is 7.25. The number of rotatable bonds is 3. The highest BCUT2D eigenvalue weighted by atomic mass is 35.5. The number of halogens is 1. The Kier molecular flexibility index (Phi) is 3.44. The van der Waals surface area contributed by atoms with Crippen LogP contribution < -0.4 is 5.32 Å². The second-order valence-electron chi connectivity index (χ2n) is 6.28. The zero-order valence-electron chi connectivity index (χ0n) is 12.3. The maximum absolute atomic E-state index is 12.7. The Labute approximate surface area is 129 Å². The summed E-state index contributed by atoms with van der Waals surface area (Å²) in [5.74, 6) is 0.179. The number of hydrogen-bond donors (Lipinski definition) is 1. The van der Waals surface area contributed by atoms with Gasteiger partial charge in [0.2, 0.25) is 11.8 Å². The average Bonchev–Trinajstić information content (AvgIpc) is 3.23. The highest BCUT2D eigenvalue weighted by Gasteiger charge is 2.52. The number of piperazine rings is 1. The number of carbonyl (C=O) groups excluding carboxylic acids is 2. The molecule has 1 unspecified atom stereocenters. The molecule has 5 heteroatoms. The number of hydrogen-bond acceptors (Lipinski definition) is 2. The molecular weight excluding hydrogens is 288 g/mol. The molecule has 2 fully saturated rings. The summed E-state index contributed by atoms with van der Waals surface area (Å²) in [7, 11) is 0. The van der Waals surface area contributed by atoms with Crippen molar-refractivity contribution in [3.8, 4) is 0 Å². The van der Waals surface area contributed by atoms with Gasteiger partial charge in [0.15, 0.2) is 0 Å². The predicted molar refractivity (Wildman–Crippen MR) is 80.9 cm³/mol. The van der Waals surface area contributed by atoms with Crippen LogP contribution in [-0.4, -0.2) is 28.8 Å². The van der Waals surface area contributed by atoms with Crippen LogP contribution in [0.4, 0.5) is 0 Å². The summed E-state index contributed by atoms with van der Waals surface area (Å²) in [5, 5.41) is 3.52. The lowest BCUT2D eigenvalue weighted by molar-refractivity contribution is -0.150. The van der Waals surface area contributed by atoms with E-state index in [0.717, 1.165) is 24.0 Å². The second-order valence-corrected chi connectivity index (χ2v) is 6.69. The van der Waals surface area contributed by atoms with E-state index in [1.54, 1.807) is 4.90 Å². The maximum Gasteiger partial charge on any atom is 0.249 e. The van der Waals surface area contributed by atoms with Crippen molar-refractivity contribution in [3.05, 3.63) is 34.3 Å². The summed E-state index contributed by atoms with van der Waals surface area (Å²) in [6.45, 7) is 4.30. The number of nitrogens with one attached hydrogen (secondary N) is 1. The van der Waals surface area contributed by atoms with Crippen LogP contribution in [0, 0.1) is 12.8 Å². The Morgan fingerprint density at radius 3 is 2.71 bits per heavy atom. The lowest BCUT2D eigenvalue weighted by atomic mass is 9.91. The first kappa shape index (κ1) is 14.4. The molecule has 4 nitrogen and oxygen atoms in total. The van der Waals surface area contributed by atoms with Crippen LogP contribution in [0.1, 0.15) is 30.9 Å². The number of amides is 2. The smallest absolute Gasteiger partial charge is 0.249 e. The quantitative estimate of drug-likeness (QED) is 0.931. The molecule has 1 heterocycles. The van der Waals surface area contributed by atoms with Gasteiger partial charge in [-0.1, -0.05) is 23.7 Å². The van der Waals surface area contributed by atoms with Crippen molar-refractivity contribution in [1.82, 2.24) is 10.2 Å². The third-order valence-corrected chi connectivity index (χ3v) is 4.78. The minimum absolute atomic E-state index is 0.00115. The van der Waals surface area contributed by atoms with E-state index < -0.39 is 5.54 Å². The molecule has 1 atom stereocenters. The zero-order chi connectivity index (χ0) is 15.2. The van der Waals surface area contributed by atoms with Crippen LogP contribution >= 0.6 is 11.6 Å². The second kappa shape index (κ2) is 5.02. The van der Waals surface area contributed by atoms with Crippen molar-refractivity contribution < 1.29 is 9.59 Å². The van der Waals surface area contributed by atoms with E-state index in [1.165, 1.54) is 0 Å². The summed E-state index contributed by atoms with van der Waals surface area (Å²) in [5.41, 5.74) is 1.21. The first-order chi connectivity index (χ1) is 9.90. The molecular formula is C16H19ClN2O2. The molecule has 2 aliphatic rings. The highest BCUT2D eigenvalue weighted by molar-refractivity contribution is 6.31. The van der Waals surface area contributed by atoms with E-state index in [9.17, 15) is 9.59 Å². The summed E-state index contributed by atoms with van der Waals surface area (Å²) < 4.78 is 0. The largest absolute Gasteiger partial charge is 0.340 e. The van der Waals surface area contributed by atoms with Gasteiger partial charge < -0.3 is 10.2 Å². The van der Waals surface area contributed by atoms with Gasteiger partial charge in [-0.15, -0.1) is 0 Å². The van der Waals surface area contributed by atoms with Crippen molar-refractivity contribution in [2.45, 2.75) is 38.8 Å². The van der Waals surface area contributed by atoms with Crippen molar-refractivity contribution >= 4 is 23.4 Å². The SMILES string of the molecule is Cc1ccc(CN2CC(=O)NC(C)(C3CC3)C2=O)c(Cl)c1. The third-order valence-electron chi connectivity index (χ3n) is 4.43. The standard InChI is InChI=1S/C16H19ClN2O2/c1-10-3-4-11(13(17)7-10)8-19-9-14(20)18-16(2,15(19)21)12-5-6-12/h3-4,7,12H,5-6,8-9H2,1-2H3,(H,18,20). The Hall–Kier alpha value is -1.55. The molecule has 3 rings (SSSR count). The Balaban J connectivity index is 1.83. The Bertz CT molecular complexity index is 612. The van der Waals surface area contributed by atoms with Gasteiger partial charge in [0, 0.05) is 11.6 Å². The number of nitrogens with zero attached hydrogens (tertiary/aromatic N) is 1. The normalized spacial score (nSPS) is 26.0. The molecule has 0 radical (unpaired) electrons. The lowest BCUT2D eigenvalue weighted by Crippen LogP contribution is -2.66. The molecule has 2 amide bonds. The number of carbonyl (C=O) groups is 2. The molecule has 0 spiro atoms. The minimum atomic E-state index is -0.744. The van der Waals surface area contributed by atoms with Gasteiger partial charge in [-0.25, -0.2) is 0 Å². The molecule has 21 heavy (non-hydrogen) atoms. The summed E-state index contributed by atoms with van der Waals surface area (Å²) >= 11 is 6.24. The Morgan fingerprint density at radius 1 is 1.38 bits per heavy atom. The summed E-state index contributed by atoms with van der Waals surface area (Å²) in [6, 6.07) is 5.77. The first-order valence-corrected chi connectivity index (χ1v) is 7.63. The van der Waals surface area contributed by atoms with Gasteiger partial charge in [0.05, 0.1) is 6.54 Å². The van der Waals surface area contributed by atoms with Crippen LogP contribution in [0.5, 0.6) is 0 Å². The molecule has 1 saturated heterocycles. The fourth-order valence-corrected chi connectivity index (χ4v) is 3.30. The highest BCUT2D eigenvalue weighted by Crippen LogP contribution is 2.41. The van der Waals surface area contributed by atoms with Gasteiger partial charge in [-0.3, -0.25) is 9.59 Å². The summed E-state index contributed by atoms with van der Waals surface area (Å²) in [4.78, 5) is 26.3. The van der Waals surface area contributed by atoms with Crippen molar-refractivity contribution in [1.29, 1.82) is 0 Å². The zero-order valence-corrected chi connectivity index (χ0v) is 13.0. The minimum Gasteiger partial charge on any atom is -0.340 e. The lowest BCUT2D eigenvalue weighted by Gasteiger charge is -2.40. The molecule has 0 bridgehead atoms. The fourth-order valence-electron chi connectivity index (χ4n) is 3.01. The van der Waals surface area contributed by atoms with Gasteiger partial charge >= 0.3 is 0 Å². The van der Waals surface area contributed by atoms with E-state index in [4.69, 9.17) is 11.6 Å². The van der Waals surface area contributed by atoms with Crippen LogP contribution in [-0.2, 0) is 16.1 Å². The Morgan fingerprint density at radius 2 is 2.10 bits per heavy atom. The van der Waals surface area contributed by atoms with Gasteiger partial charge in [0.1, 0.15) is 5.54 Å². The fraction of sp³-hybridized carbons (Fsp3) is 0.500. The number of aryl methyl sites for hydroxylation is 1. The van der Waals surface area contributed by atoms with E-state index in [-0.39, 0.29) is 24.3 Å². The molecule has 1 aromatic rings. The molecule has 0 aromatic heterocycles. The topological polar surface area (TPSA) is 49.4 Å². The van der Waals surface area contributed by atoms with E-state index >= 15 is 0 Å². The van der Waals surface area contributed by atoms with Crippen LogP contribution in [0.25, 0.3) is 0 Å². The number of benzene rings is 1. The predicted octanol–water partition coefficient (Wildman–Crippen LogP) is 2.28. The molecule has 1 N–H and O–H groups in total. The third kappa shape index (κ3) is 2.64. The molecule has 1 aliphatic carbocycles. The van der Waals surface area contributed by atoms with Crippen molar-refractivity contribution in [2.75, 3.05) is 6.54 Å². The van der Waals surface area contributed by atoms with Gasteiger partial charge in [-0.2, -0.15) is 0 Å². The molecule has 1 saturated carbocycles.